The Morgan fingerprint density at radius 3 is 2.82 bits per heavy atom. The third-order valence-corrected chi connectivity index (χ3v) is 3.33. The Morgan fingerprint density at radius 2 is 2.23 bits per heavy atom. The minimum absolute atomic E-state index is 0. The summed E-state index contributed by atoms with van der Waals surface area (Å²) in [6.07, 6.45) is 7.62. The van der Waals surface area contributed by atoms with E-state index in [1.54, 1.807) is 6.20 Å². The third kappa shape index (κ3) is 5.36. The maximum atomic E-state index is 4.67. The fourth-order valence-electron chi connectivity index (χ4n) is 2.14. The van der Waals surface area contributed by atoms with Gasteiger partial charge in [-0.2, -0.15) is 0 Å². The summed E-state index contributed by atoms with van der Waals surface area (Å²) in [5.41, 5.74) is 1.26. The quantitative estimate of drug-likeness (QED) is 0.445. The molecule has 0 aliphatic carbocycles. The lowest BCUT2D eigenvalue weighted by Crippen LogP contribution is -2.39. The van der Waals surface area contributed by atoms with Crippen molar-refractivity contribution in [3.05, 3.63) is 42.7 Å². The molecule has 0 radical (unpaired) electrons. The molecule has 1 N–H and O–H groups in total. The molecule has 6 nitrogen and oxygen atoms in total. The van der Waals surface area contributed by atoms with E-state index in [0.29, 0.717) is 0 Å². The van der Waals surface area contributed by atoms with E-state index >= 15 is 0 Å². The van der Waals surface area contributed by atoms with Crippen LogP contribution in [0.2, 0.25) is 0 Å². The summed E-state index contributed by atoms with van der Waals surface area (Å²) in [5, 5.41) is 3.34. The minimum atomic E-state index is 0. The van der Waals surface area contributed by atoms with Gasteiger partial charge in [-0.1, -0.05) is 0 Å². The van der Waals surface area contributed by atoms with E-state index in [1.165, 1.54) is 5.69 Å². The summed E-state index contributed by atoms with van der Waals surface area (Å²) >= 11 is 0. The highest BCUT2D eigenvalue weighted by Crippen LogP contribution is 2.03. The van der Waals surface area contributed by atoms with Crippen molar-refractivity contribution in [2.75, 3.05) is 20.1 Å². The Hall–Kier alpha value is -1.51. The SMILES string of the molecule is CCNC(=NCCn1ccnc1)N(C)Cc1cccn1C.I. The molecule has 0 aliphatic heterocycles. The summed E-state index contributed by atoms with van der Waals surface area (Å²) in [6.45, 7) is 5.35. The van der Waals surface area contributed by atoms with Gasteiger partial charge in [-0.25, -0.2) is 4.98 Å². The second-order valence-corrected chi connectivity index (χ2v) is 5.00. The number of aryl methyl sites for hydroxylation is 1. The molecule has 0 saturated carbocycles. The van der Waals surface area contributed by atoms with Gasteiger partial charge >= 0.3 is 0 Å². The largest absolute Gasteiger partial charge is 0.357 e. The first kappa shape index (κ1) is 18.5. The van der Waals surface area contributed by atoms with Crippen molar-refractivity contribution in [2.45, 2.75) is 20.0 Å². The zero-order valence-corrected chi connectivity index (χ0v) is 15.8. The zero-order valence-electron chi connectivity index (χ0n) is 13.4. The highest BCUT2D eigenvalue weighted by atomic mass is 127. The molecule has 0 bridgehead atoms. The molecule has 0 unspecified atom stereocenters. The van der Waals surface area contributed by atoms with Gasteiger partial charge in [0.1, 0.15) is 0 Å². The fourth-order valence-corrected chi connectivity index (χ4v) is 2.14. The normalized spacial score (nSPS) is 11.1. The molecule has 22 heavy (non-hydrogen) atoms. The van der Waals surface area contributed by atoms with Crippen LogP contribution in [0.1, 0.15) is 12.6 Å². The monoisotopic (exact) mass is 416 g/mol. The standard InChI is InChI=1S/C15H24N6.HI/c1-4-17-15(18-8-11-21-10-7-16-13-21)20(3)12-14-6-5-9-19(14)2;/h5-7,9-10,13H,4,8,11-12H2,1-3H3,(H,17,18);1H. The van der Waals surface area contributed by atoms with Crippen LogP contribution in [0.4, 0.5) is 0 Å². The molecule has 0 saturated heterocycles. The predicted molar refractivity (Wildman–Crippen MR) is 101 cm³/mol. The number of halogens is 1. The van der Waals surface area contributed by atoms with Gasteiger partial charge in [0.05, 0.1) is 19.4 Å². The fraction of sp³-hybridized carbons (Fsp3) is 0.467. The van der Waals surface area contributed by atoms with Crippen LogP contribution in [-0.4, -0.2) is 45.1 Å². The van der Waals surface area contributed by atoms with Crippen molar-refractivity contribution in [1.82, 2.24) is 24.3 Å². The Morgan fingerprint density at radius 1 is 1.41 bits per heavy atom. The Labute approximate surface area is 149 Å². The summed E-state index contributed by atoms with van der Waals surface area (Å²) in [7, 11) is 4.12. The minimum Gasteiger partial charge on any atom is -0.357 e. The molecule has 0 amide bonds. The van der Waals surface area contributed by atoms with E-state index in [4.69, 9.17) is 0 Å². The number of nitrogens with zero attached hydrogens (tertiary/aromatic N) is 5. The van der Waals surface area contributed by atoms with Crippen LogP contribution in [-0.2, 0) is 20.1 Å². The van der Waals surface area contributed by atoms with Gasteiger partial charge in [0.15, 0.2) is 5.96 Å². The molecule has 0 spiro atoms. The van der Waals surface area contributed by atoms with Crippen molar-refractivity contribution in [2.24, 2.45) is 12.0 Å². The Kier molecular flexibility index (Phi) is 8.00. The molecule has 2 aromatic heterocycles. The molecule has 0 fully saturated rings. The molecule has 0 aliphatic rings. The van der Waals surface area contributed by atoms with Gasteiger partial charge in [0, 0.05) is 51.5 Å². The molecule has 2 rings (SSSR count). The van der Waals surface area contributed by atoms with Crippen LogP contribution in [0, 0.1) is 0 Å². The second kappa shape index (κ2) is 9.50. The van der Waals surface area contributed by atoms with Crippen molar-refractivity contribution >= 4 is 29.9 Å². The molecular formula is C15H25IN6. The van der Waals surface area contributed by atoms with Gasteiger partial charge < -0.3 is 19.4 Å². The van der Waals surface area contributed by atoms with Gasteiger partial charge in [-0.15, -0.1) is 24.0 Å². The molecule has 7 heteroatoms. The van der Waals surface area contributed by atoms with E-state index < -0.39 is 0 Å². The van der Waals surface area contributed by atoms with Crippen LogP contribution < -0.4 is 5.32 Å². The van der Waals surface area contributed by atoms with Crippen molar-refractivity contribution in [3.63, 3.8) is 0 Å². The highest BCUT2D eigenvalue weighted by molar-refractivity contribution is 14.0. The maximum absolute atomic E-state index is 4.67. The molecule has 122 valence electrons. The predicted octanol–water partition coefficient (Wildman–Crippen LogP) is 1.94. The van der Waals surface area contributed by atoms with Crippen LogP contribution in [0.25, 0.3) is 0 Å². The lowest BCUT2D eigenvalue weighted by Gasteiger charge is -2.22. The Bertz CT molecular complexity index is 560. The van der Waals surface area contributed by atoms with E-state index in [0.717, 1.165) is 32.1 Å². The summed E-state index contributed by atoms with van der Waals surface area (Å²) in [6, 6.07) is 4.19. The van der Waals surface area contributed by atoms with Crippen LogP contribution >= 0.6 is 24.0 Å². The Balaban J connectivity index is 0.00000242. The number of hydrogen-bond donors (Lipinski definition) is 1. The highest BCUT2D eigenvalue weighted by Gasteiger charge is 2.07. The van der Waals surface area contributed by atoms with E-state index in [2.05, 4.69) is 64.1 Å². The number of aromatic nitrogens is 3. The first-order valence-electron chi connectivity index (χ1n) is 7.26. The molecule has 0 aromatic carbocycles. The first-order chi connectivity index (χ1) is 10.2. The van der Waals surface area contributed by atoms with Crippen LogP contribution in [0.15, 0.2) is 42.0 Å². The lowest BCUT2D eigenvalue weighted by molar-refractivity contribution is 0.461. The lowest BCUT2D eigenvalue weighted by atomic mass is 10.4. The van der Waals surface area contributed by atoms with Crippen LogP contribution in [0.5, 0.6) is 0 Å². The van der Waals surface area contributed by atoms with E-state index in [-0.39, 0.29) is 24.0 Å². The number of guanidine groups is 1. The zero-order chi connectivity index (χ0) is 15.1. The smallest absolute Gasteiger partial charge is 0.194 e. The van der Waals surface area contributed by atoms with Crippen LogP contribution in [0.3, 0.4) is 0 Å². The van der Waals surface area contributed by atoms with Crippen molar-refractivity contribution in [3.8, 4) is 0 Å². The number of rotatable bonds is 6. The van der Waals surface area contributed by atoms with Crippen molar-refractivity contribution in [1.29, 1.82) is 0 Å². The van der Waals surface area contributed by atoms with Gasteiger partial charge in [-0.05, 0) is 19.1 Å². The maximum Gasteiger partial charge on any atom is 0.194 e. The second-order valence-electron chi connectivity index (χ2n) is 5.00. The molecule has 2 aromatic rings. The third-order valence-electron chi connectivity index (χ3n) is 3.33. The summed E-state index contributed by atoms with van der Waals surface area (Å²) in [5.74, 6) is 0.929. The summed E-state index contributed by atoms with van der Waals surface area (Å²) in [4.78, 5) is 10.9. The summed E-state index contributed by atoms with van der Waals surface area (Å²) < 4.78 is 4.16. The first-order valence-corrected chi connectivity index (χ1v) is 7.26. The average Bonchev–Trinajstić information content (AvgIpc) is 3.10. The number of aliphatic imine (C=N–C) groups is 1. The van der Waals surface area contributed by atoms with E-state index in [9.17, 15) is 0 Å². The van der Waals surface area contributed by atoms with Gasteiger partial charge in [0.25, 0.3) is 0 Å². The number of nitrogens with one attached hydrogen (secondary N) is 1. The topological polar surface area (TPSA) is 50.4 Å². The van der Waals surface area contributed by atoms with Crippen molar-refractivity contribution < 1.29 is 0 Å². The molecular weight excluding hydrogens is 391 g/mol. The molecule has 2 heterocycles. The average molecular weight is 416 g/mol. The van der Waals surface area contributed by atoms with E-state index in [1.807, 2.05) is 17.1 Å². The van der Waals surface area contributed by atoms with Gasteiger partial charge in [0.2, 0.25) is 0 Å². The number of imidazole rings is 1. The number of hydrogen-bond acceptors (Lipinski definition) is 2. The molecule has 0 atom stereocenters. The van der Waals surface area contributed by atoms with Gasteiger partial charge in [-0.3, -0.25) is 4.99 Å².